The summed E-state index contributed by atoms with van der Waals surface area (Å²) in [5, 5.41) is 6.99. The quantitative estimate of drug-likeness (QED) is 0.817. The van der Waals surface area contributed by atoms with Crippen molar-refractivity contribution in [1.29, 1.82) is 0 Å². The van der Waals surface area contributed by atoms with Gasteiger partial charge >= 0.3 is 0 Å². The minimum Gasteiger partial charge on any atom is -0.382 e. The van der Waals surface area contributed by atoms with Crippen LogP contribution in [0.5, 0.6) is 0 Å². The topological polar surface area (TPSA) is 54.0 Å². The minimum atomic E-state index is -0.234. The van der Waals surface area contributed by atoms with Gasteiger partial charge in [-0.15, -0.1) is 0 Å². The Bertz CT molecular complexity index is 726. The van der Waals surface area contributed by atoms with Crippen molar-refractivity contribution in [3.8, 4) is 0 Å². The van der Waals surface area contributed by atoms with Gasteiger partial charge in [-0.2, -0.15) is 0 Å². The molecule has 3 rings (SSSR count). The summed E-state index contributed by atoms with van der Waals surface area (Å²) < 4.78 is 0. The van der Waals surface area contributed by atoms with E-state index >= 15 is 0 Å². The first-order chi connectivity index (χ1) is 11.6. The molecule has 0 atom stereocenters. The third kappa shape index (κ3) is 4.26. The van der Waals surface area contributed by atoms with Crippen molar-refractivity contribution >= 4 is 28.9 Å². The maximum atomic E-state index is 12.4. The zero-order chi connectivity index (χ0) is 16.9. The van der Waals surface area contributed by atoms with E-state index in [9.17, 15) is 4.79 Å². The fraction of sp³-hybridized carbons (Fsp3) is 0.368. The van der Waals surface area contributed by atoms with E-state index in [-0.39, 0.29) is 5.91 Å². The number of aromatic nitrogens is 1. The molecule has 126 valence electrons. The van der Waals surface area contributed by atoms with Gasteiger partial charge in [0.1, 0.15) is 5.69 Å². The van der Waals surface area contributed by atoms with Crippen LogP contribution in [0.4, 0.5) is 11.4 Å². The van der Waals surface area contributed by atoms with Crippen molar-refractivity contribution in [2.75, 3.05) is 10.6 Å². The SMILES string of the molecule is Cc1ccc(NC(=O)c2cc(NC3CCCCC3)ccn2)cc1Cl. The summed E-state index contributed by atoms with van der Waals surface area (Å²) in [7, 11) is 0. The lowest BCUT2D eigenvalue weighted by atomic mass is 9.95. The maximum absolute atomic E-state index is 12.4. The molecule has 5 heteroatoms. The third-order valence-corrected chi connectivity index (χ3v) is 4.81. The van der Waals surface area contributed by atoms with Gasteiger partial charge in [-0.1, -0.05) is 36.9 Å². The number of benzene rings is 1. The summed E-state index contributed by atoms with van der Waals surface area (Å²) in [6, 6.07) is 9.68. The van der Waals surface area contributed by atoms with E-state index in [2.05, 4.69) is 15.6 Å². The van der Waals surface area contributed by atoms with E-state index in [4.69, 9.17) is 11.6 Å². The van der Waals surface area contributed by atoms with Crippen molar-refractivity contribution in [2.24, 2.45) is 0 Å². The van der Waals surface area contributed by atoms with Crippen molar-refractivity contribution in [1.82, 2.24) is 4.98 Å². The number of carbonyl (C=O) groups excluding carboxylic acids is 1. The Balaban J connectivity index is 1.68. The molecule has 0 bridgehead atoms. The molecule has 1 aliphatic carbocycles. The van der Waals surface area contributed by atoms with Crippen LogP contribution in [0.25, 0.3) is 0 Å². The lowest BCUT2D eigenvalue weighted by Crippen LogP contribution is -2.22. The van der Waals surface area contributed by atoms with Crippen molar-refractivity contribution < 1.29 is 4.79 Å². The molecule has 1 aromatic heterocycles. The normalized spacial score (nSPS) is 15.1. The highest BCUT2D eigenvalue weighted by molar-refractivity contribution is 6.31. The number of carbonyl (C=O) groups is 1. The first-order valence-electron chi connectivity index (χ1n) is 8.42. The predicted molar refractivity (Wildman–Crippen MR) is 98.9 cm³/mol. The number of pyridine rings is 1. The number of aryl methyl sites for hydroxylation is 1. The molecule has 2 aromatic rings. The Hall–Kier alpha value is -2.07. The molecule has 1 aromatic carbocycles. The zero-order valence-electron chi connectivity index (χ0n) is 13.8. The summed E-state index contributed by atoms with van der Waals surface area (Å²) in [5.74, 6) is -0.234. The zero-order valence-corrected chi connectivity index (χ0v) is 14.6. The molecule has 2 N–H and O–H groups in total. The Labute approximate surface area is 147 Å². The van der Waals surface area contributed by atoms with Crippen LogP contribution in [-0.2, 0) is 0 Å². The van der Waals surface area contributed by atoms with Gasteiger partial charge in [-0.3, -0.25) is 9.78 Å². The van der Waals surface area contributed by atoms with Crippen LogP contribution in [0.2, 0.25) is 5.02 Å². The highest BCUT2D eigenvalue weighted by atomic mass is 35.5. The maximum Gasteiger partial charge on any atom is 0.274 e. The number of nitrogens with zero attached hydrogens (tertiary/aromatic N) is 1. The number of rotatable bonds is 4. The van der Waals surface area contributed by atoms with E-state index in [1.54, 1.807) is 18.3 Å². The van der Waals surface area contributed by atoms with Crippen molar-refractivity contribution in [2.45, 2.75) is 45.1 Å². The summed E-state index contributed by atoms with van der Waals surface area (Å²) in [4.78, 5) is 16.6. The van der Waals surface area contributed by atoms with Crippen LogP contribution in [0.15, 0.2) is 36.5 Å². The van der Waals surface area contributed by atoms with Crippen LogP contribution < -0.4 is 10.6 Å². The molecule has 24 heavy (non-hydrogen) atoms. The molecular weight excluding hydrogens is 322 g/mol. The summed E-state index contributed by atoms with van der Waals surface area (Å²) in [6.07, 6.45) is 7.90. The molecule has 1 amide bonds. The summed E-state index contributed by atoms with van der Waals surface area (Å²) >= 11 is 6.10. The first kappa shape index (κ1) is 16.8. The van der Waals surface area contributed by atoms with E-state index in [0.717, 1.165) is 11.3 Å². The second-order valence-corrected chi connectivity index (χ2v) is 6.73. The molecule has 1 saturated carbocycles. The lowest BCUT2D eigenvalue weighted by Gasteiger charge is -2.23. The van der Waals surface area contributed by atoms with Crippen LogP contribution in [0.3, 0.4) is 0 Å². The summed E-state index contributed by atoms with van der Waals surface area (Å²) in [6.45, 7) is 1.93. The Morgan fingerprint density at radius 3 is 2.67 bits per heavy atom. The standard InChI is InChI=1S/C19H22ClN3O/c1-13-7-8-15(11-17(13)20)23-19(24)18-12-16(9-10-21-18)22-14-5-3-2-4-6-14/h7-12,14H,2-6H2,1H3,(H,21,22)(H,23,24). The molecule has 0 spiro atoms. The molecule has 0 saturated heterocycles. The van der Waals surface area contributed by atoms with Gasteiger partial charge in [0, 0.05) is 28.6 Å². The molecule has 0 aliphatic heterocycles. The molecule has 1 heterocycles. The largest absolute Gasteiger partial charge is 0.382 e. The van der Waals surface area contributed by atoms with Crippen LogP contribution in [-0.4, -0.2) is 16.9 Å². The van der Waals surface area contributed by atoms with Gasteiger partial charge < -0.3 is 10.6 Å². The smallest absolute Gasteiger partial charge is 0.274 e. The number of hydrogen-bond acceptors (Lipinski definition) is 3. The lowest BCUT2D eigenvalue weighted by molar-refractivity contribution is 0.102. The highest BCUT2D eigenvalue weighted by Gasteiger charge is 2.14. The summed E-state index contributed by atoms with van der Waals surface area (Å²) in [5.41, 5.74) is 2.99. The molecular formula is C19H22ClN3O. The molecule has 4 nitrogen and oxygen atoms in total. The highest BCUT2D eigenvalue weighted by Crippen LogP contribution is 2.23. The molecule has 1 fully saturated rings. The third-order valence-electron chi connectivity index (χ3n) is 4.40. The monoisotopic (exact) mass is 343 g/mol. The van der Waals surface area contributed by atoms with Crippen molar-refractivity contribution in [3.63, 3.8) is 0 Å². The van der Waals surface area contributed by atoms with Gasteiger partial charge in [0.2, 0.25) is 0 Å². The fourth-order valence-electron chi connectivity index (χ4n) is 2.99. The molecule has 0 unspecified atom stereocenters. The number of halogens is 1. The Morgan fingerprint density at radius 1 is 1.12 bits per heavy atom. The Morgan fingerprint density at radius 2 is 1.92 bits per heavy atom. The van der Waals surface area contributed by atoms with E-state index in [0.29, 0.717) is 22.4 Å². The average Bonchev–Trinajstić information content (AvgIpc) is 2.59. The predicted octanol–water partition coefficient (Wildman–Crippen LogP) is 5.04. The number of amides is 1. The Kier molecular flexibility index (Phi) is 5.36. The number of hydrogen-bond donors (Lipinski definition) is 2. The van der Waals surface area contributed by atoms with Gasteiger partial charge in [-0.05, 0) is 49.6 Å². The first-order valence-corrected chi connectivity index (χ1v) is 8.80. The second-order valence-electron chi connectivity index (χ2n) is 6.33. The molecule has 1 aliphatic rings. The molecule has 0 radical (unpaired) electrons. The van der Waals surface area contributed by atoms with Crippen LogP contribution in [0, 0.1) is 6.92 Å². The average molecular weight is 344 g/mol. The van der Waals surface area contributed by atoms with Gasteiger partial charge in [0.15, 0.2) is 0 Å². The van der Waals surface area contributed by atoms with Gasteiger partial charge in [0.05, 0.1) is 0 Å². The fourth-order valence-corrected chi connectivity index (χ4v) is 3.17. The van der Waals surface area contributed by atoms with E-state index in [1.807, 2.05) is 25.1 Å². The van der Waals surface area contributed by atoms with Crippen molar-refractivity contribution in [3.05, 3.63) is 52.8 Å². The number of nitrogens with one attached hydrogen (secondary N) is 2. The van der Waals surface area contributed by atoms with Gasteiger partial charge in [-0.25, -0.2) is 0 Å². The number of anilines is 2. The second kappa shape index (κ2) is 7.67. The van der Waals surface area contributed by atoms with Gasteiger partial charge in [0.25, 0.3) is 5.91 Å². The minimum absolute atomic E-state index is 0.234. The van der Waals surface area contributed by atoms with E-state index in [1.165, 1.54) is 32.1 Å². The van der Waals surface area contributed by atoms with E-state index < -0.39 is 0 Å². The van der Waals surface area contributed by atoms with Crippen LogP contribution in [0.1, 0.15) is 48.2 Å². The van der Waals surface area contributed by atoms with Crippen LogP contribution >= 0.6 is 11.6 Å².